The van der Waals surface area contributed by atoms with Gasteiger partial charge in [0.25, 0.3) is 10.0 Å². The Morgan fingerprint density at radius 3 is 2.33 bits per heavy atom. The molecule has 1 atom stereocenters. The first kappa shape index (κ1) is 33.2. The molecule has 1 heterocycles. The Morgan fingerprint density at radius 2 is 1.71 bits per heavy atom. The van der Waals surface area contributed by atoms with Crippen LogP contribution in [-0.2, 0) is 10.0 Å². The Hall–Kier alpha value is -3.34. The number of carbonyl (C=O) groups is 1. The van der Waals surface area contributed by atoms with Gasteiger partial charge in [0.15, 0.2) is 0 Å². The van der Waals surface area contributed by atoms with Crippen molar-refractivity contribution >= 4 is 22.3 Å². The highest BCUT2D eigenvalue weighted by Crippen LogP contribution is 2.29. The number of aldehydes is 1. The Kier molecular flexibility index (Phi) is 12.0. The maximum Gasteiger partial charge on any atom is 0.264 e. The van der Waals surface area contributed by atoms with Crippen LogP contribution in [0.1, 0.15) is 68.4 Å². The molecule has 0 saturated carbocycles. The van der Waals surface area contributed by atoms with Gasteiger partial charge in [0.05, 0.1) is 16.6 Å². The summed E-state index contributed by atoms with van der Waals surface area (Å²) >= 11 is 0. The van der Waals surface area contributed by atoms with Crippen LogP contribution in [0.5, 0.6) is 5.88 Å². The monoisotopic (exact) mass is 595 g/mol. The van der Waals surface area contributed by atoms with E-state index in [4.69, 9.17) is 4.74 Å². The minimum Gasteiger partial charge on any atom is -0.476 e. The Morgan fingerprint density at radius 1 is 1.02 bits per heavy atom. The quantitative estimate of drug-likeness (QED) is 0.156. The van der Waals surface area contributed by atoms with Crippen LogP contribution in [0.3, 0.4) is 0 Å². The lowest BCUT2D eigenvalue weighted by molar-refractivity contribution is -0.0537. The molecule has 0 saturated heterocycles. The van der Waals surface area contributed by atoms with E-state index in [1.165, 1.54) is 18.2 Å². The predicted molar refractivity (Wildman–Crippen MR) is 168 cm³/mol. The summed E-state index contributed by atoms with van der Waals surface area (Å²) in [5.74, 6) is 0.625. The van der Waals surface area contributed by atoms with Crippen LogP contribution >= 0.6 is 0 Å². The van der Waals surface area contributed by atoms with Crippen molar-refractivity contribution in [3.05, 3.63) is 65.2 Å². The van der Waals surface area contributed by atoms with Crippen LogP contribution in [-0.4, -0.2) is 67.5 Å². The minimum absolute atomic E-state index is 0.0546. The number of unbranched alkanes of at least 4 members (excludes halogenated alkanes) is 1. The van der Waals surface area contributed by atoms with Crippen molar-refractivity contribution in [1.82, 2.24) is 20.0 Å². The Balaban J connectivity index is 1.99. The highest BCUT2D eigenvalue weighted by molar-refractivity contribution is 7.92. The normalized spacial score (nSPS) is 12.6. The number of hydrogen-bond donors (Lipinski definition) is 1. The number of sulfonamides is 1. The van der Waals surface area contributed by atoms with Crippen molar-refractivity contribution in [2.24, 2.45) is 5.92 Å². The second-order valence-corrected chi connectivity index (χ2v) is 12.7. The summed E-state index contributed by atoms with van der Waals surface area (Å²) in [5, 5.41) is 4.61. The molecule has 2 aromatic carbocycles. The molecule has 0 radical (unpaired) electrons. The van der Waals surface area contributed by atoms with E-state index in [1.807, 2.05) is 32.0 Å². The maximum atomic E-state index is 13.3. The summed E-state index contributed by atoms with van der Waals surface area (Å²) in [7, 11) is -1.97. The van der Waals surface area contributed by atoms with Gasteiger partial charge >= 0.3 is 0 Å². The zero-order valence-electron chi connectivity index (χ0n) is 25.9. The molecule has 3 aromatic rings. The number of aromatic nitrogens is 2. The van der Waals surface area contributed by atoms with E-state index < -0.39 is 10.0 Å². The van der Waals surface area contributed by atoms with Gasteiger partial charge in [0, 0.05) is 37.3 Å². The Labute approximate surface area is 251 Å². The standard InChI is InChI=1S/C32H45N5O4S/c1-8-10-17-37(9-2)36(7)27(18-23(3)4)22-41-30-20-29(31-24(5)13-11-14-25(31)6)33-32(34-30)35-42(39,40)28-16-12-15-26(19-28)21-38/h11-16,19-21,23,27H,8-10,17-18,22H2,1-7H3,(H,33,34,35)/t27-/m1/s1. The third kappa shape index (κ3) is 8.83. The van der Waals surface area contributed by atoms with E-state index in [-0.39, 0.29) is 28.3 Å². The number of ether oxygens (including phenoxy) is 1. The maximum absolute atomic E-state index is 13.3. The highest BCUT2D eigenvalue weighted by atomic mass is 32.2. The smallest absolute Gasteiger partial charge is 0.264 e. The third-order valence-electron chi connectivity index (χ3n) is 7.25. The summed E-state index contributed by atoms with van der Waals surface area (Å²) in [6, 6.07) is 13.6. The average Bonchev–Trinajstić information content (AvgIpc) is 2.95. The van der Waals surface area contributed by atoms with Gasteiger partial charge < -0.3 is 4.74 Å². The fourth-order valence-corrected chi connectivity index (χ4v) is 5.99. The molecule has 42 heavy (non-hydrogen) atoms. The molecule has 0 spiro atoms. The lowest BCUT2D eigenvalue weighted by Gasteiger charge is -2.38. The lowest BCUT2D eigenvalue weighted by Crippen LogP contribution is -2.49. The molecule has 0 aliphatic carbocycles. The van der Waals surface area contributed by atoms with E-state index in [9.17, 15) is 13.2 Å². The fraction of sp³-hybridized carbons (Fsp3) is 0.469. The third-order valence-corrected chi connectivity index (χ3v) is 8.57. The minimum atomic E-state index is -4.07. The van der Waals surface area contributed by atoms with Crippen LogP contribution < -0.4 is 9.46 Å². The summed E-state index contributed by atoms with van der Waals surface area (Å²) in [6.07, 6.45) is 3.75. The number of carbonyl (C=O) groups excluding carboxylic acids is 1. The SMILES string of the molecule is CCCCN(CC)N(C)[C@@H](COc1cc(-c2c(C)cccc2C)nc(NS(=O)(=O)c2cccc(C=O)c2)n1)CC(C)C. The van der Waals surface area contributed by atoms with Gasteiger partial charge in [-0.15, -0.1) is 0 Å². The van der Waals surface area contributed by atoms with Gasteiger partial charge in [-0.1, -0.05) is 64.4 Å². The van der Waals surface area contributed by atoms with Crippen LogP contribution in [0.25, 0.3) is 11.3 Å². The number of nitrogens with one attached hydrogen (secondary N) is 1. The largest absolute Gasteiger partial charge is 0.476 e. The number of rotatable bonds is 16. The first-order valence-corrected chi connectivity index (χ1v) is 16.1. The van der Waals surface area contributed by atoms with Crippen LogP contribution in [0.2, 0.25) is 0 Å². The van der Waals surface area contributed by atoms with Gasteiger partial charge in [-0.3, -0.25) is 4.79 Å². The van der Waals surface area contributed by atoms with Gasteiger partial charge in [-0.05, 0) is 55.9 Å². The van der Waals surface area contributed by atoms with E-state index in [0.717, 1.165) is 49.0 Å². The number of benzene rings is 2. The van der Waals surface area contributed by atoms with Crippen LogP contribution in [0.15, 0.2) is 53.4 Å². The summed E-state index contributed by atoms with van der Waals surface area (Å²) in [5.41, 5.74) is 3.70. The number of anilines is 1. The van der Waals surface area contributed by atoms with Crippen molar-refractivity contribution < 1.29 is 17.9 Å². The summed E-state index contributed by atoms with van der Waals surface area (Å²) < 4.78 is 35.4. The summed E-state index contributed by atoms with van der Waals surface area (Å²) in [6.45, 7) is 14.9. The number of aryl methyl sites for hydroxylation is 2. The van der Waals surface area contributed by atoms with Gasteiger partial charge in [0.1, 0.15) is 12.9 Å². The molecule has 0 bridgehead atoms. The molecule has 10 heteroatoms. The van der Waals surface area contributed by atoms with Crippen LogP contribution in [0, 0.1) is 19.8 Å². The molecule has 0 fully saturated rings. The van der Waals surface area contributed by atoms with Crippen molar-refractivity contribution in [1.29, 1.82) is 0 Å². The van der Waals surface area contributed by atoms with E-state index in [0.29, 0.717) is 24.5 Å². The first-order chi connectivity index (χ1) is 20.0. The van der Waals surface area contributed by atoms with Gasteiger partial charge in [0.2, 0.25) is 11.8 Å². The zero-order chi connectivity index (χ0) is 30.9. The first-order valence-electron chi connectivity index (χ1n) is 14.6. The number of likely N-dealkylation sites (N-methyl/N-ethyl adjacent to an activating group) is 1. The molecule has 0 unspecified atom stereocenters. The van der Waals surface area contributed by atoms with E-state index in [2.05, 4.69) is 59.5 Å². The molecule has 0 aliphatic rings. The molecule has 9 nitrogen and oxygen atoms in total. The average molecular weight is 596 g/mol. The number of nitrogens with zero attached hydrogens (tertiary/aromatic N) is 4. The molecule has 3 rings (SSSR count). The molecule has 0 amide bonds. The number of hydrazine groups is 1. The molecule has 1 N–H and O–H groups in total. The van der Waals surface area contributed by atoms with E-state index in [1.54, 1.807) is 12.1 Å². The highest BCUT2D eigenvalue weighted by Gasteiger charge is 2.23. The fourth-order valence-electron chi connectivity index (χ4n) is 4.99. The zero-order valence-corrected chi connectivity index (χ0v) is 26.7. The lowest BCUT2D eigenvalue weighted by atomic mass is 10.00. The number of hydrogen-bond acceptors (Lipinski definition) is 8. The second-order valence-electron chi connectivity index (χ2n) is 11.0. The second kappa shape index (κ2) is 15.2. The molecule has 0 aliphatic heterocycles. The Bertz CT molecular complexity index is 1420. The van der Waals surface area contributed by atoms with E-state index >= 15 is 0 Å². The van der Waals surface area contributed by atoms with Crippen molar-refractivity contribution in [3.8, 4) is 17.1 Å². The molecule has 1 aromatic heterocycles. The van der Waals surface area contributed by atoms with Gasteiger partial charge in [-0.25, -0.2) is 28.1 Å². The molecule has 228 valence electrons. The topological polar surface area (TPSA) is 105 Å². The predicted octanol–water partition coefficient (Wildman–Crippen LogP) is 6.14. The molecular weight excluding hydrogens is 550 g/mol. The molecular formula is C32H45N5O4S. The van der Waals surface area contributed by atoms with Crippen LogP contribution in [0.4, 0.5) is 5.95 Å². The van der Waals surface area contributed by atoms with Crippen molar-refractivity contribution in [2.45, 2.75) is 71.7 Å². The van der Waals surface area contributed by atoms with Gasteiger partial charge in [-0.2, -0.15) is 4.98 Å². The summed E-state index contributed by atoms with van der Waals surface area (Å²) in [4.78, 5) is 20.3. The van der Waals surface area contributed by atoms with Crippen molar-refractivity contribution in [2.75, 3.05) is 31.5 Å². The van der Waals surface area contributed by atoms with Crippen molar-refractivity contribution in [3.63, 3.8) is 0 Å².